The zero-order valence-electron chi connectivity index (χ0n) is 20.5. The predicted molar refractivity (Wildman–Crippen MR) is 143 cm³/mol. The van der Waals surface area contributed by atoms with Gasteiger partial charge in [-0.3, -0.25) is 4.68 Å². The molecule has 1 aliphatic heterocycles. The van der Waals surface area contributed by atoms with Crippen LogP contribution in [-0.2, 0) is 18.3 Å². The van der Waals surface area contributed by atoms with Crippen LogP contribution in [0, 0.1) is 12.8 Å². The maximum Gasteiger partial charge on any atom is 0.191 e. The van der Waals surface area contributed by atoms with Gasteiger partial charge in [0, 0.05) is 50.0 Å². The molecule has 2 unspecified atom stereocenters. The summed E-state index contributed by atoms with van der Waals surface area (Å²) in [6.07, 6.45) is 5.04. The van der Waals surface area contributed by atoms with Crippen LogP contribution in [0.15, 0.2) is 35.6 Å². The fourth-order valence-electron chi connectivity index (χ4n) is 3.76. The molecule has 1 aromatic heterocycles. The molecule has 9 heteroatoms. The second-order valence-electron chi connectivity index (χ2n) is 8.65. The molecule has 8 nitrogen and oxygen atoms in total. The van der Waals surface area contributed by atoms with Gasteiger partial charge in [0.05, 0.1) is 32.0 Å². The minimum absolute atomic E-state index is 0. The van der Waals surface area contributed by atoms with Crippen LogP contribution >= 0.6 is 24.0 Å². The molecule has 33 heavy (non-hydrogen) atoms. The quantitative estimate of drug-likeness (QED) is 0.260. The van der Waals surface area contributed by atoms with Gasteiger partial charge in [0.2, 0.25) is 0 Å². The van der Waals surface area contributed by atoms with Crippen LogP contribution < -0.4 is 15.4 Å². The maximum absolute atomic E-state index is 6.18. The summed E-state index contributed by atoms with van der Waals surface area (Å²) in [6.45, 7) is 8.55. The number of aromatic nitrogens is 2. The highest BCUT2D eigenvalue weighted by Crippen LogP contribution is 2.23. The molecule has 1 saturated heterocycles. The van der Waals surface area contributed by atoms with Crippen LogP contribution in [0.3, 0.4) is 0 Å². The Labute approximate surface area is 215 Å². The first-order valence-corrected chi connectivity index (χ1v) is 11.4. The predicted octanol–water partition coefficient (Wildman–Crippen LogP) is 3.12. The highest BCUT2D eigenvalue weighted by atomic mass is 127. The van der Waals surface area contributed by atoms with Crippen molar-refractivity contribution in [2.75, 3.05) is 47.0 Å². The molecule has 2 N–H and O–H groups in total. The molecule has 3 rings (SSSR count). The molecule has 0 amide bonds. The first-order chi connectivity index (χ1) is 15.5. The van der Waals surface area contributed by atoms with Gasteiger partial charge >= 0.3 is 0 Å². The number of rotatable bonds is 10. The Morgan fingerprint density at radius 3 is 2.82 bits per heavy atom. The summed E-state index contributed by atoms with van der Waals surface area (Å²) < 4.78 is 13.5. The number of nitrogens with zero attached hydrogens (tertiary/aromatic N) is 4. The van der Waals surface area contributed by atoms with E-state index in [1.54, 1.807) is 0 Å². The standard InChI is InChI=1S/C24H38N6O2.HI/c1-6-25-24(27-14-22(29(3)4)21-13-28-30(5)15-21)26-12-20-8-7-18(2)11-23(20)32-17-19-9-10-31-16-19;/h7-8,11,13,15,19,22H,6,9-10,12,14,16-17H2,1-5H3,(H2,25,26,27);1H. The van der Waals surface area contributed by atoms with E-state index in [4.69, 9.17) is 14.5 Å². The lowest BCUT2D eigenvalue weighted by molar-refractivity contribution is 0.166. The normalized spacial score (nSPS) is 17.0. The zero-order chi connectivity index (χ0) is 22.9. The number of hydrogen-bond acceptors (Lipinski definition) is 5. The molecule has 2 heterocycles. The van der Waals surface area contributed by atoms with Crippen molar-refractivity contribution in [1.29, 1.82) is 0 Å². The average Bonchev–Trinajstić information content (AvgIpc) is 3.43. The molecule has 2 aromatic rings. The fraction of sp³-hybridized carbons (Fsp3) is 0.583. The summed E-state index contributed by atoms with van der Waals surface area (Å²) >= 11 is 0. The van der Waals surface area contributed by atoms with E-state index in [-0.39, 0.29) is 30.0 Å². The van der Waals surface area contributed by atoms with E-state index in [0.717, 1.165) is 50.0 Å². The first-order valence-electron chi connectivity index (χ1n) is 11.4. The highest BCUT2D eigenvalue weighted by molar-refractivity contribution is 14.0. The highest BCUT2D eigenvalue weighted by Gasteiger charge is 2.18. The number of halogens is 1. The molecule has 0 spiro atoms. The molecular formula is C24H39IN6O2. The summed E-state index contributed by atoms with van der Waals surface area (Å²) in [6, 6.07) is 6.52. The number of hydrogen-bond donors (Lipinski definition) is 2. The molecule has 0 saturated carbocycles. The SMILES string of the molecule is CCNC(=NCc1ccc(C)cc1OCC1CCOC1)NCC(c1cnn(C)c1)N(C)C.I. The maximum atomic E-state index is 6.18. The monoisotopic (exact) mass is 570 g/mol. The van der Waals surface area contributed by atoms with Crippen molar-refractivity contribution in [3.05, 3.63) is 47.3 Å². The Hall–Kier alpha value is -1.85. The second kappa shape index (κ2) is 13.8. The van der Waals surface area contributed by atoms with Crippen LogP contribution in [0.25, 0.3) is 0 Å². The van der Waals surface area contributed by atoms with Gasteiger partial charge in [-0.05, 0) is 46.0 Å². The molecule has 2 atom stereocenters. The van der Waals surface area contributed by atoms with Crippen LogP contribution in [-0.4, -0.2) is 67.6 Å². The van der Waals surface area contributed by atoms with E-state index in [1.807, 2.05) is 17.9 Å². The number of guanidine groups is 1. The van der Waals surface area contributed by atoms with Gasteiger partial charge in [-0.25, -0.2) is 4.99 Å². The number of likely N-dealkylation sites (N-methyl/N-ethyl adjacent to an activating group) is 1. The molecule has 184 valence electrons. The third-order valence-corrected chi connectivity index (χ3v) is 5.67. The van der Waals surface area contributed by atoms with Gasteiger partial charge in [-0.15, -0.1) is 24.0 Å². The van der Waals surface area contributed by atoms with Gasteiger partial charge < -0.3 is 25.0 Å². The van der Waals surface area contributed by atoms with Gasteiger partial charge in [-0.1, -0.05) is 12.1 Å². The molecule has 0 aliphatic carbocycles. The molecule has 1 aromatic carbocycles. The minimum atomic E-state index is 0. The van der Waals surface area contributed by atoms with Crippen molar-refractivity contribution in [2.24, 2.45) is 18.0 Å². The Morgan fingerprint density at radius 2 is 2.18 bits per heavy atom. The number of aliphatic imine (C=N–C) groups is 1. The Kier molecular flexibility index (Phi) is 11.4. The van der Waals surface area contributed by atoms with Crippen molar-refractivity contribution < 1.29 is 9.47 Å². The molecule has 0 bridgehead atoms. The van der Waals surface area contributed by atoms with Crippen LogP contribution in [0.4, 0.5) is 0 Å². The van der Waals surface area contributed by atoms with E-state index in [9.17, 15) is 0 Å². The lowest BCUT2D eigenvalue weighted by atomic mass is 10.1. The van der Waals surface area contributed by atoms with Crippen molar-refractivity contribution in [2.45, 2.75) is 32.9 Å². The topological polar surface area (TPSA) is 75.9 Å². The number of benzene rings is 1. The Morgan fingerprint density at radius 1 is 1.36 bits per heavy atom. The molecular weight excluding hydrogens is 531 g/mol. The summed E-state index contributed by atoms with van der Waals surface area (Å²) in [4.78, 5) is 7.02. The number of aryl methyl sites for hydroxylation is 2. The molecule has 0 radical (unpaired) electrons. The lowest BCUT2D eigenvalue weighted by Gasteiger charge is -2.24. The second-order valence-corrected chi connectivity index (χ2v) is 8.65. The van der Waals surface area contributed by atoms with E-state index in [2.05, 4.69) is 73.0 Å². The van der Waals surface area contributed by atoms with Gasteiger partial charge in [0.1, 0.15) is 5.75 Å². The van der Waals surface area contributed by atoms with E-state index in [0.29, 0.717) is 19.1 Å². The zero-order valence-corrected chi connectivity index (χ0v) is 22.8. The summed E-state index contributed by atoms with van der Waals surface area (Å²) in [5.41, 5.74) is 3.44. The van der Waals surface area contributed by atoms with Crippen molar-refractivity contribution in [3.8, 4) is 5.75 Å². The van der Waals surface area contributed by atoms with Gasteiger partial charge in [0.15, 0.2) is 5.96 Å². The average molecular weight is 571 g/mol. The van der Waals surface area contributed by atoms with Crippen molar-refractivity contribution >= 4 is 29.9 Å². The first kappa shape index (κ1) is 27.4. The fourth-order valence-corrected chi connectivity index (χ4v) is 3.76. The van der Waals surface area contributed by atoms with E-state index < -0.39 is 0 Å². The van der Waals surface area contributed by atoms with Crippen LogP contribution in [0.5, 0.6) is 5.75 Å². The van der Waals surface area contributed by atoms with Crippen molar-refractivity contribution in [3.63, 3.8) is 0 Å². The summed E-state index contributed by atoms with van der Waals surface area (Å²) in [5, 5.41) is 11.2. The number of nitrogens with one attached hydrogen (secondary N) is 2. The van der Waals surface area contributed by atoms with E-state index in [1.165, 1.54) is 11.1 Å². The summed E-state index contributed by atoms with van der Waals surface area (Å²) in [5.74, 6) is 2.18. The third kappa shape index (κ3) is 8.46. The van der Waals surface area contributed by atoms with Gasteiger partial charge in [-0.2, -0.15) is 5.10 Å². The molecule has 1 aliphatic rings. The lowest BCUT2D eigenvalue weighted by Crippen LogP contribution is -2.41. The van der Waals surface area contributed by atoms with Crippen LogP contribution in [0.1, 0.15) is 36.1 Å². The molecule has 1 fully saturated rings. The van der Waals surface area contributed by atoms with Crippen molar-refractivity contribution in [1.82, 2.24) is 25.3 Å². The summed E-state index contributed by atoms with van der Waals surface area (Å²) in [7, 11) is 6.10. The third-order valence-electron chi connectivity index (χ3n) is 5.67. The largest absolute Gasteiger partial charge is 0.493 e. The Balaban J connectivity index is 0.00000385. The Bertz CT molecular complexity index is 880. The minimum Gasteiger partial charge on any atom is -0.493 e. The number of ether oxygens (including phenoxy) is 2. The van der Waals surface area contributed by atoms with Crippen LogP contribution in [0.2, 0.25) is 0 Å². The van der Waals surface area contributed by atoms with E-state index >= 15 is 0 Å². The van der Waals surface area contributed by atoms with Gasteiger partial charge in [0.25, 0.3) is 0 Å². The smallest absolute Gasteiger partial charge is 0.191 e.